The van der Waals surface area contributed by atoms with Gasteiger partial charge in [-0.15, -0.1) is 0 Å². The molecule has 0 amide bonds. The predicted octanol–water partition coefficient (Wildman–Crippen LogP) is 4.89. The van der Waals surface area contributed by atoms with Gasteiger partial charge in [-0.1, -0.05) is 94.4 Å². The molecule has 0 radical (unpaired) electrons. The van der Waals surface area contributed by atoms with Gasteiger partial charge >= 0.3 is 0 Å². The molecular formula is C20H18O2S2. The monoisotopic (exact) mass is 354 g/mol. The van der Waals surface area contributed by atoms with Crippen molar-refractivity contribution >= 4 is 33.7 Å². The topological polar surface area (TPSA) is 40.5 Å². The first-order chi connectivity index (χ1) is 11.6. The van der Waals surface area contributed by atoms with Crippen molar-refractivity contribution in [3.8, 4) is 0 Å². The molecule has 0 saturated carbocycles. The Labute approximate surface area is 149 Å². The zero-order valence-corrected chi connectivity index (χ0v) is 14.7. The molecule has 0 aromatic heterocycles. The van der Waals surface area contributed by atoms with Crippen LogP contribution >= 0.6 is 21.6 Å². The lowest BCUT2D eigenvalue weighted by molar-refractivity contribution is 0.136. The average molecular weight is 354 g/mol. The van der Waals surface area contributed by atoms with Crippen LogP contribution in [0.25, 0.3) is 12.2 Å². The molecule has 2 aromatic rings. The van der Waals surface area contributed by atoms with Gasteiger partial charge in [-0.05, 0) is 11.1 Å². The summed E-state index contributed by atoms with van der Waals surface area (Å²) in [6.07, 6.45) is 9.15. The Kier molecular flexibility index (Phi) is 4.09. The molecule has 2 unspecified atom stereocenters. The van der Waals surface area contributed by atoms with Crippen molar-refractivity contribution in [3.05, 3.63) is 82.9 Å². The summed E-state index contributed by atoms with van der Waals surface area (Å²) in [4.78, 5) is -2.05. The van der Waals surface area contributed by atoms with Crippen molar-refractivity contribution in [1.82, 2.24) is 0 Å². The minimum Gasteiger partial charge on any atom is -0.374 e. The first kappa shape index (κ1) is 16.0. The summed E-state index contributed by atoms with van der Waals surface area (Å²) in [6, 6.07) is 15.8. The molecule has 24 heavy (non-hydrogen) atoms. The van der Waals surface area contributed by atoms with Crippen molar-refractivity contribution in [3.63, 3.8) is 0 Å². The van der Waals surface area contributed by atoms with E-state index < -0.39 is 9.87 Å². The van der Waals surface area contributed by atoms with Crippen LogP contribution in [0, 0.1) is 0 Å². The molecule has 0 heterocycles. The van der Waals surface area contributed by atoms with Gasteiger partial charge in [-0.3, -0.25) is 0 Å². The van der Waals surface area contributed by atoms with Crippen LogP contribution in [-0.4, -0.2) is 10.2 Å². The minimum atomic E-state index is -1.03. The van der Waals surface area contributed by atoms with Gasteiger partial charge < -0.3 is 10.2 Å². The predicted molar refractivity (Wildman–Crippen MR) is 103 cm³/mol. The number of hydrogen-bond donors (Lipinski definition) is 2. The minimum absolute atomic E-state index is 0.537. The smallest absolute Gasteiger partial charge is 0.149 e. The highest BCUT2D eigenvalue weighted by Gasteiger charge is 2.40. The molecule has 2 aromatic carbocycles. The fourth-order valence-corrected chi connectivity index (χ4v) is 6.13. The van der Waals surface area contributed by atoms with Gasteiger partial charge in [0.1, 0.15) is 9.87 Å². The van der Waals surface area contributed by atoms with E-state index in [0.29, 0.717) is 12.8 Å². The average Bonchev–Trinajstić information content (AvgIpc) is 2.61. The Bertz CT molecular complexity index is 760. The molecule has 0 bridgehead atoms. The third kappa shape index (κ3) is 2.74. The molecule has 2 atom stereocenters. The van der Waals surface area contributed by atoms with E-state index in [4.69, 9.17) is 0 Å². The zero-order valence-electron chi connectivity index (χ0n) is 13.1. The van der Waals surface area contributed by atoms with E-state index in [0.717, 1.165) is 22.3 Å². The molecule has 2 aliphatic carbocycles. The van der Waals surface area contributed by atoms with Crippen LogP contribution < -0.4 is 0 Å². The van der Waals surface area contributed by atoms with E-state index in [9.17, 15) is 10.2 Å². The summed E-state index contributed by atoms with van der Waals surface area (Å²) >= 11 is 0. The summed E-state index contributed by atoms with van der Waals surface area (Å²) in [6.45, 7) is 0. The molecule has 0 fully saturated rings. The Hall–Kier alpha value is -1.46. The van der Waals surface area contributed by atoms with Gasteiger partial charge in [-0.2, -0.15) is 0 Å². The van der Waals surface area contributed by atoms with Crippen LogP contribution in [0.15, 0.2) is 60.7 Å². The maximum absolute atomic E-state index is 11.2. The van der Waals surface area contributed by atoms with Gasteiger partial charge in [0.25, 0.3) is 0 Å². The highest BCUT2D eigenvalue weighted by molar-refractivity contribution is 8.77. The van der Waals surface area contributed by atoms with Gasteiger partial charge in [0.05, 0.1) is 0 Å². The van der Waals surface area contributed by atoms with E-state index >= 15 is 0 Å². The van der Waals surface area contributed by atoms with Gasteiger partial charge in [0.15, 0.2) is 0 Å². The fraction of sp³-hybridized carbons (Fsp3) is 0.200. The molecule has 122 valence electrons. The highest BCUT2D eigenvalue weighted by Crippen LogP contribution is 2.56. The number of aliphatic hydroxyl groups is 2. The Morgan fingerprint density at radius 1 is 0.667 bits per heavy atom. The van der Waals surface area contributed by atoms with Gasteiger partial charge in [-0.25, -0.2) is 0 Å². The van der Waals surface area contributed by atoms with Crippen molar-refractivity contribution in [1.29, 1.82) is 0 Å². The van der Waals surface area contributed by atoms with Crippen LogP contribution in [0.4, 0.5) is 0 Å². The zero-order chi connectivity index (χ0) is 16.6. The van der Waals surface area contributed by atoms with Crippen molar-refractivity contribution in [2.75, 3.05) is 0 Å². The second-order valence-electron chi connectivity index (χ2n) is 6.12. The molecule has 2 aliphatic rings. The maximum Gasteiger partial charge on any atom is 0.149 e. The molecule has 4 rings (SSSR count). The van der Waals surface area contributed by atoms with Crippen molar-refractivity contribution in [2.24, 2.45) is 0 Å². The number of benzene rings is 2. The van der Waals surface area contributed by atoms with Crippen LogP contribution in [-0.2, 0) is 9.87 Å². The lowest BCUT2D eigenvalue weighted by Gasteiger charge is -2.36. The van der Waals surface area contributed by atoms with Crippen LogP contribution in [0.1, 0.15) is 35.1 Å². The normalized spacial score (nSPS) is 27.6. The second kappa shape index (κ2) is 6.12. The van der Waals surface area contributed by atoms with E-state index in [1.165, 1.54) is 21.6 Å². The van der Waals surface area contributed by atoms with Gasteiger partial charge in [0.2, 0.25) is 0 Å². The van der Waals surface area contributed by atoms with Gasteiger partial charge in [0, 0.05) is 24.0 Å². The molecule has 2 nitrogen and oxygen atoms in total. The summed E-state index contributed by atoms with van der Waals surface area (Å²) in [5, 5.41) is 22.4. The molecule has 0 saturated heterocycles. The first-order valence-corrected chi connectivity index (χ1v) is 10.1. The maximum atomic E-state index is 11.2. The molecule has 0 spiro atoms. The lowest BCUT2D eigenvalue weighted by Crippen LogP contribution is -2.27. The Balaban J connectivity index is 1.61. The van der Waals surface area contributed by atoms with E-state index in [1.807, 2.05) is 72.8 Å². The van der Waals surface area contributed by atoms with Crippen LogP contribution in [0.2, 0.25) is 0 Å². The number of hydrogen-bond acceptors (Lipinski definition) is 4. The Morgan fingerprint density at radius 2 is 1.08 bits per heavy atom. The Morgan fingerprint density at radius 3 is 1.54 bits per heavy atom. The third-order valence-electron chi connectivity index (χ3n) is 4.46. The van der Waals surface area contributed by atoms with Crippen molar-refractivity contribution < 1.29 is 10.2 Å². The van der Waals surface area contributed by atoms with Crippen LogP contribution in [0.5, 0.6) is 0 Å². The molecule has 2 N–H and O–H groups in total. The molecular weight excluding hydrogens is 336 g/mol. The standard InChI is InChI=1S/C20H18O2S2/c21-19(13-5-9-15-7-1-3-11-17(15)19)23-24-20(22)14-6-10-16-8-2-4-12-18(16)20/h1-12,21-22H,13-14H2. The van der Waals surface area contributed by atoms with Crippen LogP contribution in [0.3, 0.4) is 0 Å². The third-order valence-corrected chi connectivity index (χ3v) is 7.78. The van der Waals surface area contributed by atoms with E-state index in [1.54, 1.807) is 0 Å². The van der Waals surface area contributed by atoms with Crippen molar-refractivity contribution in [2.45, 2.75) is 22.7 Å². The largest absolute Gasteiger partial charge is 0.374 e. The SMILES string of the molecule is OC1(SSC2(O)CC=Cc3ccccc32)CC=Cc2ccccc21. The van der Waals surface area contributed by atoms with E-state index in [2.05, 4.69) is 0 Å². The number of fused-ring (bicyclic) bond motifs is 2. The number of rotatable bonds is 3. The summed E-state index contributed by atoms with van der Waals surface area (Å²) in [5.74, 6) is 0. The quantitative estimate of drug-likeness (QED) is 0.608. The molecule has 4 heteroatoms. The van der Waals surface area contributed by atoms with E-state index in [-0.39, 0.29) is 0 Å². The summed E-state index contributed by atoms with van der Waals surface area (Å²) in [7, 11) is 2.70. The summed E-state index contributed by atoms with van der Waals surface area (Å²) in [5.41, 5.74) is 3.90. The first-order valence-electron chi connectivity index (χ1n) is 7.94. The summed E-state index contributed by atoms with van der Waals surface area (Å²) < 4.78 is 0. The second-order valence-corrected chi connectivity index (χ2v) is 8.81. The highest BCUT2D eigenvalue weighted by atomic mass is 33.1. The molecule has 0 aliphatic heterocycles. The lowest BCUT2D eigenvalue weighted by atomic mass is 9.94. The fourth-order valence-electron chi connectivity index (χ4n) is 3.20.